The van der Waals surface area contributed by atoms with Gasteiger partial charge >= 0.3 is 6.09 Å². The second-order valence-electron chi connectivity index (χ2n) is 7.07. The number of amides is 2. The minimum atomic E-state index is -0.277. The number of likely N-dealkylation sites (tertiary alicyclic amines) is 1. The van der Waals surface area contributed by atoms with Crippen molar-refractivity contribution >= 4 is 23.6 Å². The first-order valence-corrected chi connectivity index (χ1v) is 9.86. The standard InChI is InChI=1S/C21H27N5O3/c1-4-29-21(28)26-12-9-16(10-13-26)23-20-22-11-8-18(25-20)19(27)24-17-7-5-6-14(2)15(17)3/h5-8,11,16H,4,9-10,12-13H2,1-3H3,(H,24,27)(H,22,23,25). The highest BCUT2D eigenvalue weighted by atomic mass is 16.6. The lowest BCUT2D eigenvalue weighted by molar-refractivity contribution is 0.0980. The molecule has 0 unspecified atom stereocenters. The number of carbonyl (C=O) groups is 2. The lowest BCUT2D eigenvalue weighted by Crippen LogP contribution is -2.42. The van der Waals surface area contributed by atoms with Crippen molar-refractivity contribution in [3.05, 3.63) is 47.3 Å². The number of aromatic nitrogens is 2. The Bertz CT molecular complexity index is 878. The van der Waals surface area contributed by atoms with Crippen LogP contribution in [-0.2, 0) is 4.74 Å². The average molecular weight is 397 g/mol. The molecule has 2 N–H and O–H groups in total. The summed E-state index contributed by atoms with van der Waals surface area (Å²) in [5.74, 6) is 0.134. The summed E-state index contributed by atoms with van der Waals surface area (Å²) in [5.41, 5.74) is 3.21. The Morgan fingerprint density at radius 1 is 1.21 bits per heavy atom. The van der Waals surface area contributed by atoms with E-state index in [-0.39, 0.29) is 18.0 Å². The summed E-state index contributed by atoms with van der Waals surface area (Å²) in [6.07, 6.45) is 2.83. The molecule has 0 aliphatic carbocycles. The van der Waals surface area contributed by atoms with Gasteiger partial charge in [-0.3, -0.25) is 4.79 Å². The highest BCUT2D eigenvalue weighted by molar-refractivity contribution is 6.03. The molecule has 1 aliphatic rings. The predicted molar refractivity (Wildman–Crippen MR) is 111 cm³/mol. The van der Waals surface area contributed by atoms with E-state index in [1.165, 1.54) is 0 Å². The normalized spacial score (nSPS) is 14.4. The molecule has 1 aromatic carbocycles. The van der Waals surface area contributed by atoms with E-state index in [2.05, 4.69) is 20.6 Å². The summed E-state index contributed by atoms with van der Waals surface area (Å²) in [7, 11) is 0. The summed E-state index contributed by atoms with van der Waals surface area (Å²) in [5, 5.41) is 6.18. The quantitative estimate of drug-likeness (QED) is 0.803. The van der Waals surface area contributed by atoms with Crippen LogP contribution < -0.4 is 10.6 Å². The molecule has 0 bridgehead atoms. The van der Waals surface area contributed by atoms with Crippen LogP contribution in [0.2, 0.25) is 0 Å². The van der Waals surface area contributed by atoms with Crippen LogP contribution in [0.3, 0.4) is 0 Å². The average Bonchev–Trinajstić information content (AvgIpc) is 2.72. The Morgan fingerprint density at radius 3 is 2.69 bits per heavy atom. The van der Waals surface area contributed by atoms with Crippen LogP contribution in [0.1, 0.15) is 41.4 Å². The van der Waals surface area contributed by atoms with Crippen LogP contribution in [0.4, 0.5) is 16.4 Å². The van der Waals surface area contributed by atoms with Gasteiger partial charge in [-0.25, -0.2) is 14.8 Å². The van der Waals surface area contributed by atoms with Crippen LogP contribution in [0.15, 0.2) is 30.5 Å². The van der Waals surface area contributed by atoms with E-state index in [1.54, 1.807) is 24.1 Å². The van der Waals surface area contributed by atoms with Crippen LogP contribution in [0.5, 0.6) is 0 Å². The molecule has 3 rings (SSSR count). The topological polar surface area (TPSA) is 96.5 Å². The van der Waals surface area contributed by atoms with E-state index in [4.69, 9.17) is 4.74 Å². The molecule has 8 heteroatoms. The molecule has 29 heavy (non-hydrogen) atoms. The van der Waals surface area contributed by atoms with E-state index in [0.717, 1.165) is 29.7 Å². The van der Waals surface area contributed by atoms with Gasteiger partial charge in [-0.1, -0.05) is 12.1 Å². The molecular weight excluding hydrogens is 370 g/mol. The van der Waals surface area contributed by atoms with E-state index in [9.17, 15) is 9.59 Å². The number of hydrogen-bond acceptors (Lipinski definition) is 6. The van der Waals surface area contributed by atoms with E-state index in [0.29, 0.717) is 31.3 Å². The van der Waals surface area contributed by atoms with Crippen molar-refractivity contribution in [1.29, 1.82) is 0 Å². The molecule has 1 aliphatic heterocycles. The highest BCUT2D eigenvalue weighted by Crippen LogP contribution is 2.19. The van der Waals surface area contributed by atoms with Crippen molar-refractivity contribution in [1.82, 2.24) is 14.9 Å². The summed E-state index contributed by atoms with van der Waals surface area (Å²) in [6.45, 7) is 7.38. The van der Waals surface area contributed by atoms with Crippen molar-refractivity contribution in [2.24, 2.45) is 0 Å². The summed E-state index contributed by atoms with van der Waals surface area (Å²) < 4.78 is 5.04. The van der Waals surface area contributed by atoms with Crippen LogP contribution in [0.25, 0.3) is 0 Å². The summed E-state index contributed by atoms with van der Waals surface area (Å²) >= 11 is 0. The van der Waals surface area contributed by atoms with Crippen LogP contribution in [-0.4, -0.2) is 52.6 Å². The maximum Gasteiger partial charge on any atom is 0.409 e. The van der Waals surface area contributed by atoms with Gasteiger partial charge in [-0.05, 0) is 56.9 Å². The molecule has 0 radical (unpaired) electrons. The number of nitrogens with one attached hydrogen (secondary N) is 2. The Hall–Kier alpha value is -3.16. The fraction of sp³-hybridized carbons (Fsp3) is 0.429. The fourth-order valence-corrected chi connectivity index (χ4v) is 3.23. The second-order valence-corrected chi connectivity index (χ2v) is 7.07. The lowest BCUT2D eigenvalue weighted by atomic mass is 10.1. The maximum atomic E-state index is 12.6. The minimum Gasteiger partial charge on any atom is -0.450 e. The Kier molecular flexibility index (Phi) is 6.64. The number of ether oxygens (including phenoxy) is 1. The van der Waals surface area contributed by atoms with Crippen molar-refractivity contribution < 1.29 is 14.3 Å². The first-order chi connectivity index (χ1) is 14.0. The molecule has 154 valence electrons. The molecule has 0 saturated carbocycles. The summed E-state index contributed by atoms with van der Waals surface area (Å²) in [6, 6.07) is 7.52. The van der Waals surface area contributed by atoms with Crippen LogP contribution in [0, 0.1) is 13.8 Å². The highest BCUT2D eigenvalue weighted by Gasteiger charge is 2.24. The SMILES string of the molecule is CCOC(=O)N1CCC(Nc2nccc(C(=O)Nc3cccc(C)c3C)n2)CC1. The van der Waals surface area contributed by atoms with Gasteiger partial charge in [0.15, 0.2) is 0 Å². The number of rotatable bonds is 5. The van der Waals surface area contributed by atoms with Crippen molar-refractivity contribution in [3.8, 4) is 0 Å². The number of benzene rings is 1. The molecule has 2 amide bonds. The number of aryl methyl sites for hydroxylation is 1. The number of piperidine rings is 1. The van der Waals surface area contributed by atoms with Gasteiger partial charge < -0.3 is 20.3 Å². The van der Waals surface area contributed by atoms with Crippen LogP contribution >= 0.6 is 0 Å². The zero-order chi connectivity index (χ0) is 20.8. The van der Waals surface area contributed by atoms with E-state index < -0.39 is 0 Å². The molecule has 1 fully saturated rings. The molecular formula is C21H27N5O3. The van der Waals surface area contributed by atoms with Gasteiger partial charge in [0.1, 0.15) is 5.69 Å². The minimum absolute atomic E-state index is 0.137. The Balaban J connectivity index is 1.59. The number of hydrogen-bond donors (Lipinski definition) is 2. The third kappa shape index (κ3) is 5.22. The Morgan fingerprint density at radius 2 is 1.97 bits per heavy atom. The first kappa shape index (κ1) is 20.6. The first-order valence-electron chi connectivity index (χ1n) is 9.86. The Labute approximate surface area is 170 Å². The van der Waals surface area contributed by atoms with Gasteiger partial charge in [0.25, 0.3) is 5.91 Å². The van der Waals surface area contributed by atoms with Gasteiger partial charge in [-0.2, -0.15) is 0 Å². The molecule has 1 saturated heterocycles. The molecule has 0 atom stereocenters. The monoisotopic (exact) mass is 397 g/mol. The molecule has 0 spiro atoms. The van der Waals surface area contributed by atoms with Gasteiger partial charge in [0, 0.05) is 31.0 Å². The van der Waals surface area contributed by atoms with Gasteiger partial charge in [0.2, 0.25) is 5.95 Å². The third-order valence-corrected chi connectivity index (χ3v) is 5.10. The smallest absolute Gasteiger partial charge is 0.409 e. The van der Waals surface area contributed by atoms with Gasteiger partial charge in [0.05, 0.1) is 6.61 Å². The lowest BCUT2D eigenvalue weighted by Gasteiger charge is -2.31. The van der Waals surface area contributed by atoms with E-state index >= 15 is 0 Å². The largest absolute Gasteiger partial charge is 0.450 e. The molecule has 1 aromatic heterocycles. The molecule has 2 heterocycles. The zero-order valence-corrected chi connectivity index (χ0v) is 17.1. The summed E-state index contributed by atoms with van der Waals surface area (Å²) in [4.78, 5) is 34.7. The second kappa shape index (κ2) is 9.36. The van der Waals surface area contributed by atoms with Crippen molar-refractivity contribution in [2.75, 3.05) is 30.3 Å². The molecule has 2 aromatic rings. The predicted octanol–water partition coefficient (Wildman–Crippen LogP) is 3.38. The number of anilines is 2. The van der Waals surface area contributed by atoms with Gasteiger partial charge in [-0.15, -0.1) is 0 Å². The fourth-order valence-electron chi connectivity index (χ4n) is 3.23. The van der Waals surface area contributed by atoms with Crippen molar-refractivity contribution in [3.63, 3.8) is 0 Å². The molecule has 8 nitrogen and oxygen atoms in total. The number of carbonyl (C=O) groups excluding carboxylic acids is 2. The maximum absolute atomic E-state index is 12.6. The van der Waals surface area contributed by atoms with Crippen molar-refractivity contribution in [2.45, 2.75) is 39.7 Å². The van der Waals surface area contributed by atoms with E-state index in [1.807, 2.05) is 32.0 Å². The number of nitrogens with zero attached hydrogens (tertiary/aromatic N) is 3. The zero-order valence-electron chi connectivity index (χ0n) is 17.1. The third-order valence-electron chi connectivity index (χ3n) is 5.10.